The lowest BCUT2D eigenvalue weighted by Crippen LogP contribution is -2.47. The number of guanidine groups is 1. The Hall–Kier alpha value is -1.39. The topological polar surface area (TPSA) is 75.2 Å². The molecule has 2 aliphatic rings. The largest absolute Gasteiger partial charge is 0.376 e. The van der Waals surface area contributed by atoms with E-state index in [1.54, 1.807) is 7.05 Å². The summed E-state index contributed by atoms with van der Waals surface area (Å²) in [5.74, 6) is 0.882. The van der Waals surface area contributed by atoms with Crippen LogP contribution in [0.15, 0.2) is 29.3 Å². The van der Waals surface area contributed by atoms with Crippen LogP contribution in [-0.4, -0.2) is 75.9 Å². The van der Waals surface area contributed by atoms with Crippen molar-refractivity contribution in [3.05, 3.63) is 35.4 Å². The number of benzene rings is 1. The second-order valence-corrected chi connectivity index (χ2v) is 8.01. The van der Waals surface area contributed by atoms with Crippen LogP contribution in [0.1, 0.15) is 48.0 Å². The van der Waals surface area contributed by atoms with Crippen molar-refractivity contribution in [1.82, 2.24) is 15.5 Å². The Balaban J connectivity index is 0.00000341. The minimum absolute atomic E-state index is 0. The minimum atomic E-state index is -0.0549. The van der Waals surface area contributed by atoms with E-state index in [-0.39, 0.29) is 36.0 Å². The van der Waals surface area contributed by atoms with Gasteiger partial charge in [0.05, 0.1) is 18.8 Å². The van der Waals surface area contributed by atoms with Crippen molar-refractivity contribution in [2.75, 3.05) is 46.9 Å². The fourth-order valence-electron chi connectivity index (χ4n) is 4.08. The van der Waals surface area contributed by atoms with Crippen LogP contribution < -0.4 is 10.6 Å². The first-order chi connectivity index (χ1) is 14.7. The van der Waals surface area contributed by atoms with Gasteiger partial charge in [0.15, 0.2) is 5.96 Å². The van der Waals surface area contributed by atoms with Crippen LogP contribution in [0.2, 0.25) is 0 Å². The number of piperidine rings is 1. The first-order valence-electron chi connectivity index (χ1n) is 11.2. The summed E-state index contributed by atoms with van der Waals surface area (Å²) in [5.41, 5.74) is 1.83. The molecule has 2 aliphatic heterocycles. The Labute approximate surface area is 203 Å². The highest BCUT2D eigenvalue weighted by molar-refractivity contribution is 14.0. The van der Waals surface area contributed by atoms with Gasteiger partial charge in [-0.3, -0.25) is 9.79 Å². The number of rotatable bonds is 7. The van der Waals surface area contributed by atoms with Crippen LogP contribution in [0, 0.1) is 0 Å². The number of halogens is 1. The fourth-order valence-corrected chi connectivity index (χ4v) is 4.08. The molecule has 174 valence electrons. The molecular formula is C23H37IN4O3. The number of aliphatic imine (C=N–C) groups is 1. The Bertz CT molecular complexity index is 702. The number of amides is 1. The molecule has 0 radical (unpaired) electrons. The second kappa shape index (κ2) is 13.9. The molecular weight excluding hydrogens is 507 g/mol. The van der Waals surface area contributed by atoms with E-state index >= 15 is 0 Å². The van der Waals surface area contributed by atoms with E-state index in [1.165, 1.54) is 12.8 Å². The van der Waals surface area contributed by atoms with Crippen molar-refractivity contribution in [2.24, 2.45) is 4.99 Å². The zero-order valence-corrected chi connectivity index (χ0v) is 21.1. The molecule has 2 fully saturated rings. The van der Waals surface area contributed by atoms with E-state index in [0.29, 0.717) is 11.7 Å². The van der Waals surface area contributed by atoms with Crippen molar-refractivity contribution in [1.29, 1.82) is 0 Å². The quantitative estimate of drug-likeness (QED) is 0.314. The van der Waals surface area contributed by atoms with Crippen molar-refractivity contribution >= 4 is 35.8 Å². The average molecular weight is 544 g/mol. The van der Waals surface area contributed by atoms with Gasteiger partial charge in [0.25, 0.3) is 5.91 Å². The third-order valence-corrected chi connectivity index (χ3v) is 5.86. The van der Waals surface area contributed by atoms with Crippen LogP contribution in [0.5, 0.6) is 0 Å². The average Bonchev–Trinajstić information content (AvgIpc) is 2.81. The highest BCUT2D eigenvalue weighted by Crippen LogP contribution is 2.18. The number of nitrogens with one attached hydrogen (secondary N) is 2. The maximum atomic E-state index is 11.8. The number of carbonyl (C=O) groups is 1. The molecule has 0 aromatic heterocycles. The molecule has 1 atom stereocenters. The zero-order valence-electron chi connectivity index (χ0n) is 18.8. The Morgan fingerprint density at radius 3 is 2.74 bits per heavy atom. The molecule has 2 N–H and O–H groups in total. The molecule has 0 spiro atoms. The van der Waals surface area contributed by atoms with Crippen LogP contribution >= 0.6 is 24.0 Å². The van der Waals surface area contributed by atoms with Crippen LogP contribution in [-0.2, 0) is 15.9 Å². The van der Waals surface area contributed by atoms with Crippen molar-refractivity contribution in [2.45, 2.75) is 50.7 Å². The minimum Gasteiger partial charge on any atom is -0.376 e. The van der Waals surface area contributed by atoms with E-state index in [1.807, 2.05) is 25.2 Å². The second-order valence-electron chi connectivity index (χ2n) is 8.01. The van der Waals surface area contributed by atoms with Gasteiger partial charge in [0.1, 0.15) is 0 Å². The number of nitrogens with zero attached hydrogens (tertiary/aromatic N) is 2. The maximum absolute atomic E-state index is 11.8. The van der Waals surface area contributed by atoms with Gasteiger partial charge in [-0.15, -0.1) is 24.0 Å². The molecule has 0 aliphatic carbocycles. The summed E-state index contributed by atoms with van der Waals surface area (Å²) in [6, 6.07) is 7.76. The molecule has 1 aromatic rings. The lowest BCUT2D eigenvalue weighted by Gasteiger charge is -2.35. The Morgan fingerprint density at radius 1 is 1.26 bits per heavy atom. The van der Waals surface area contributed by atoms with Crippen molar-refractivity contribution in [3.63, 3.8) is 0 Å². The summed E-state index contributed by atoms with van der Waals surface area (Å²) in [5, 5.41) is 6.13. The summed E-state index contributed by atoms with van der Waals surface area (Å²) >= 11 is 0. The van der Waals surface area contributed by atoms with Gasteiger partial charge in [-0.2, -0.15) is 0 Å². The van der Waals surface area contributed by atoms with Gasteiger partial charge in [0, 0.05) is 45.9 Å². The fraction of sp³-hybridized carbons (Fsp3) is 0.652. The summed E-state index contributed by atoms with van der Waals surface area (Å²) in [7, 11) is 3.48. The molecule has 2 heterocycles. The summed E-state index contributed by atoms with van der Waals surface area (Å²) in [6.07, 6.45) is 7.03. The first kappa shape index (κ1) is 25.9. The van der Waals surface area contributed by atoms with Crippen molar-refractivity contribution < 1.29 is 14.3 Å². The standard InChI is InChI=1S/C23H36N4O3.HI/c1-24-22(28)19-7-5-6-18(16-19)9-12-26-23(25-2)27-13-10-20(11-14-27)30-17-21-8-3-4-15-29-21;/h5-7,16,20-21H,3-4,8-15,17H2,1-2H3,(H,24,28)(H,25,26);1H. The van der Waals surface area contributed by atoms with Gasteiger partial charge in [-0.25, -0.2) is 0 Å². The predicted molar refractivity (Wildman–Crippen MR) is 134 cm³/mol. The number of likely N-dealkylation sites (tertiary alicyclic amines) is 1. The molecule has 8 heteroatoms. The number of carbonyl (C=O) groups excluding carboxylic acids is 1. The molecule has 2 saturated heterocycles. The summed E-state index contributed by atoms with van der Waals surface area (Å²) in [4.78, 5) is 18.6. The number of hydrogen-bond acceptors (Lipinski definition) is 4. The van der Waals surface area contributed by atoms with E-state index in [4.69, 9.17) is 9.47 Å². The van der Waals surface area contributed by atoms with Gasteiger partial charge < -0.3 is 25.0 Å². The third kappa shape index (κ3) is 8.23. The maximum Gasteiger partial charge on any atom is 0.251 e. The zero-order chi connectivity index (χ0) is 21.2. The van der Waals surface area contributed by atoms with Gasteiger partial charge in [0.2, 0.25) is 0 Å². The smallest absolute Gasteiger partial charge is 0.251 e. The van der Waals surface area contributed by atoms with Crippen LogP contribution in [0.4, 0.5) is 0 Å². The molecule has 31 heavy (non-hydrogen) atoms. The number of ether oxygens (including phenoxy) is 2. The van der Waals surface area contributed by atoms with Crippen molar-refractivity contribution in [3.8, 4) is 0 Å². The normalized spacial score (nSPS) is 20.1. The summed E-state index contributed by atoms with van der Waals surface area (Å²) < 4.78 is 11.9. The molecule has 1 unspecified atom stereocenters. The van der Waals surface area contributed by atoms with Gasteiger partial charge in [-0.1, -0.05) is 12.1 Å². The highest BCUT2D eigenvalue weighted by atomic mass is 127. The molecule has 0 saturated carbocycles. The monoisotopic (exact) mass is 544 g/mol. The van der Waals surface area contributed by atoms with E-state index < -0.39 is 0 Å². The highest BCUT2D eigenvalue weighted by Gasteiger charge is 2.23. The SMILES string of the molecule is CN=C(NCCc1cccc(C(=O)NC)c1)N1CCC(OCC2CCCCO2)CC1.I. The van der Waals surface area contributed by atoms with Gasteiger partial charge >= 0.3 is 0 Å². The van der Waals surface area contributed by atoms with Gasteiger partial charge in [-0.05, 0) is 56.2 Å². The molecule has 0 bridgehead atoms. The lowest BCUT2D eigenvalue weighted by molar-refractivity contribution is -0.0721. The molecule has 3 rings (SSSR count). The van der Waals surface area contributed by atoms with E-state index in [9.17, 15) is 4.79 Å². The Kier molecular flexibility index (Phi) is 11.6. The Morgan fingerprint density at radius 2 is 2.06 bits per heavy atom. The van der Waals surface area contributed by atoms with E-state index in [2.05, 4.69) is 26.6 Å². The van der Waals surface area contributed by atoms with E-state index in [0.717, 1.165) is 70.1 Å². The summed E-state index contributed by atoms with van der Waals surface area (Å²) in [6.45, 7) is 4.28. The first-order valence-corrected chi connectivity index (χ1v) is 11.2. The molecule has 1 amide bonds. The number of hydrogen-bond donors (Lipinski definition) is 2. The molecule has 1 aromatic carbocycles. The van der Waals surface area contributed by atoms with Crippen LogP contribution in [0.3, 0.4) is 0 Å². The lowest BCUT2D eigenvalue weighted by atomic mass is 10.1. The third-order valence-electron chi connectivity index (χ3n) is 5.86. The predicted octanol–water partition coefficient (Wildman–Crippen LogP) is 2.83. The molecule has 7 nitrogen and oxygen atoms in total. The van der Waals surface area contributed by atoms with Crippen LogP contribution in [0.25, 0.3) is 0 Å².